The summed E-state index contributed by atoms with van der Waals surface area (Å²) in [6.07, 6.45) is -1.07. The maximum atomic E-state index is 12.9. The highest BCUT2D eigenvalue weighted by Gasteiger charge is 2.30. The average Bonchev–Trinajstić information content (AvgIpc) is 3.16. The van der Waals surface area contributed by atoms with Gasteiger partial charge in [-0.25, -0.2) is 4.68 Å². The van der Waals surface area contributed by atoms with E-state index in [1.165, 1.54) is 12.1 Å². The number of amides is 1. The second-order valence-electron chi connectivity index (χ2n) is 6.79. The predicted molar refractivity (Wildman–Crippen MR) is 94.4 cm³/mol. The van der Waals surface area contributed by atoms with Gasteiger partial charge in [0, 0.05) is 19.6 Å². The maximum absolute atomic E-state index is 12.9. The number of aliphatic hydroxyl groups excluding tert-OH is 1. The monoisotopic (exact) mass is 397 g/mol. The van der Waals surface area contributed by atoms with Crippen molar-refractivity contribution in [3.05, 3.63) is 47.3 Å². The van der Waals surface area contributed by atoms with Crippen LogP contribution >= 0.6 is 0 Å². The van der Waals surface area contributed by atoms with Crippen molar-refractivity contribution >= 4 is 5.91 Å². The van der Waals surface area contributed by atoms with Gasteiger partial charge in [-0.15, -0.1) is 5.10 Å². The molecule has 1 amide bonds. The Balaban J connectivity index is 1.63. The van der Waals surface area contributed by atoms with Crippen LogP contribution in [0.2, 0.25) is 0 Å². The molecule has 0 spiro atoms. The van der Waals surface area contributed by atoms with E-state index in [0.29, 0.717) is 18.7 Å². The molecule has 7 nitrogen and oxygen atoms in total. The zero-order valence-corrected chi connectivity index (χ0v) is 15.2. The van der Waals surface area contributed by atoms with Gasteiger partial charge in [-0.05, 0) is 31.0 Å². The number of aliphatic hydroxyl groups is 1. The lowest BCUT2D eigenvalue weighted by molar-refractivity contribution is -0.137. The molecule has 2 N–H and O–H groups in total. The fourth-order valence-corrected chi connectivity index (χ4v) is 3.31. The van der Waals surface area contributed by atoms with Crippen LogP contribution in [0.1, 0.15) is 40.5 Å². The Morgan fingerprint density at radius 1 is 1.36 bits per heavy atom. The molecule has 1 atom stereocenters. The molecular formula is C18H22F3N5O2. The van der Waals surface area contributed by atoms with Crippen molar-refractivity contribution in [1.29, 1.82) is 0 Å². The number of carbonyl (C=O) groups excluding carboxylic acids is 1. The third kappa shape index (κ3) is 5.08. The summed E-state index contributed by atoms with van der Waals surface area (Å²) in [4.78, 5) is 14.0. The van der Waals surface area contributed by atoms with Crippen LogP contribution in [0.15, 0.2) is 30.5 Å². The second-order valence-corrected chi connectivity index (χ2v) is 6.79. The Labute approximate surface area is 160 Å². The van der Waals surface area contributed by atoms with Gasteiger partial charge in [0.15, 0.2) is 5.69 Å². The van der Waals surface area contributed by atoms with Crippen LogP contribution in [0.3, 0.4) is 0 Å². The lowest BCUT2D eigenvalue weighted by atomic mass is 10.0. The molecule has 1 aliphatic rings. The van der Waals surface area contributed by atoms with E-state index in [0.717, 1.165) is 25.5 Å². The van der Waals surface area contributed by atoms with Gasteiger partial charge in [0.25, 0.3) is 5.91 Å². The molecule has 28 heavy (non-hydrogen) atoms. The topological polar surface area (TPSA) is 83.3 Å². The number of rotatable bonds is 6. The van der Waals surface area contributed by atoms with E-state index in [-0.39, 0.29) is 24.9 Å². The third-order valence-corrected chi connectivity index (χ3v) is 4.66. The van der Waals surface area contributed by atoms with Crippen LogP contribution in [0.25, 0.3) is 0 Å². The smallest absolute Gasteiger partial charge is 0.395 e. The summed E-state index contributed by atoms with van der Waals surface area (Å²) >= 11 is 0. The molecule has 3 rings (SSSR count). The fourth-order valence-electron chi connectivity index (χ4n) is 3.31. The van der Waals surface area contributed by atoms with Crippen molar-refractivity contribution in [2.75, 3.05) is 26.2 Å². The van der Waals surface area contributed by atoms with E-state index in [9.17, 15) is 18.0 Å². The van der Waals surface area contributed by atoms with Crippen molar-refractivity contribution in [2.24, 2.45) is 0 Å². The summed E-state index contributed by atoms with van der Waals surface area (Å²) in [6.45, 7) is 1.79. The number of hydrogen-bond donors (Lipinski definition) is 2. The van der Waals surface area contributed by atoms with Gasteiger partial charge in [0.05, 0.1) is 24.4 Å². The molecule has 0 bridgehead atoms. The minimum absolute atomic E-state index is 0.00793. The molecule has 152 valence electrons. The van der Waals surface area contributed by atoms with Crippen LogP contribution in [-0.2, 0) is 12.7 Å². The first-order valence-electron chi connectivity index (χ1n) is 9.06. The molecular weight excluding hydrogens is 375 g/mol. The number of likely N-dealkylation sites (tertiary alicyclic amines) is 1. The van der Waals surface area contributed by atoms with Crippen molar-refractivity contribution in [3.8, 4) is 0 Å². The van der Waals surface area contributed by atoms with Crippen LogP contribution in [-0.4, -0.2) is 57.1 Å². The van der Waals surface area contributed by atoms with E-state index >= 15 is 0 Å². The summed E-state index contributed by atoms with van der Waals surface area (Å²) in [5.74, 6) is -0.406. The first-order chi connectivity index (χ1) is 13.4. The number of piperidine rings is 1. The van der Waals surface area contributed by atoms with E-state index in [4.69, 9.17) is 5.11 Å². The molecule has 1 unspecified atom stereocenters. The van der Waals surface area contributed by atoms with Gasteiger partial charge < -0.3 is 10.4 Å². The summed E-state index contributed by atoms with van der Waals surface area (Å²) in [5.41, 5.74) is 0.134. The number of nitrogens with one attached hydrogen (secondary N) is 1. The standard InChI is InChI=1S/C18H22F3N5O2/c19-18(20,21)14-4-1-3-13(9-14)10-25-7-2-5-15(11-25)26-12-16(23-24-26)17(28)22-6-8-27/h1,3-4,9,12,15,27H,2,5-8,10-11H2,(H,22,28). The molecule has 0 radical (unpaired) electrons. The predicted octanol–water partition coefficient (Wildman–Crippen LogP) is 1.86. The molecule has 1 fully saturated rings. The molecule has 2 aromatic rings. The number of benzene rings is 1. The number of nitrogens with zero attached hydrogens (tertiary/aromatic N) is 4. The quantitative estimate of drug-likeness (QED) is 0.778. The Morgan fingerprint density at radius 3 is 2.93 bits per heavy atom. The summed E-state index contributed by atoms with van der Waals surface area (Å²) < 4.78 is 40.3. The van der Waals surface area contributed by atoms with E-state index < -0.39 is 17.6 Å². The Morgan fingerprint density at radius 2 is 2.18 bits per heavy atom. The highest BCUT2D eigenvalue weighted by Crippen LogP contribution is 2.30. The highest BCUT2D eigenvalue weighted by molar-refractivity contribution is 5.91. The highest BCUT2D eigenvalue weighted by atomic mass is 19.4. The zero-order valence-electron chi connectivity index (χ0n) is 15.2. The lowest BCUT2D eigenvalue weighted by Crippen LogP contribution is -2.36. The van der Waals surface area contributed by atoms with Crippen LogP contribution in [0.4, 0.5) is 13.2 Å². The minimum atomic E-state index is -4.35. The van der Waals surface area contributed by atoms with E-state index in [2.05, 4.69) is 20.5 Å². The van der Waals surface area contributed by atoms with Crippen LogP contribution in [0, 0.1) is 0 Å². The molecule has 2 heterocycles. The minimum Gasteiger partial charge on any atom is -0.395 e. The van der Waals surface area contributed by atoms with Gasteiger partial charge in [-0.3, -0.25) is 9.69 Å². The largest absolute Gasteiger partial charge is 0.416 e. The van der Waals surface area contributed by atoms with Crippen molar-refractivity contribution in [3.63, 3.8) is 0 Å². The van der Waals surface area contributed by atoms with Gasteiger partial charge in [-0.1, -0.05) is 23.4 Å². The van der Waals surface area contributed by atoms with Crippen LogP contribution in [0.5, 0.6) is 0 Å². The first kappa shape index (κ1) is 20.3. The second kappa shape index (κ2) is 8.70. The average molecular weight is 397 g/mol. The number of alkyl halides is 3. The Hall–Kier alpha value is -2.46. The van der Waals surface area contributed by atoms with Gasteiger partial charge in [0.2, 0.25) is 0 Å². The van der Waals surface area contributed by atoms with Gasteiger partial charge >= 0.3 is 6.18 Å². The number of halogens is 3. The Bertz CT molecular complexity index is 809. The molecule has 0 aliphatic carbocycles. The van der Waals surface area contributed by atoms with Gasteiger partial charge in [0.1, 0.15) is 0 Å². The summed E-state index contributed by atoms with van der Waals surface area (Å²) in [7, 11) is 0. The van der Waals surface area contributed by atoms with E-state index in [1.54, 1.807) is 16.9 Å². The first-order valence-corrected chi connectivity index (χ1v) is 9.06. The summed E-state index contributed by atoms with van der Waals surface area (Å²) in [6, 6.07) is 5.36. The van der Waals surface area contributed by atoms with Crippen molar-refractivity contribution in [1.82, 2.24) is 25.2 Å². The SMILES string of the molecule is O=C(NCCO)c1cn(C2CCCN(Cc3cccc(C(F)(F)F)c3)C2)nn1. The van der Waals surface area contributed by atoms with E-state index in [1.807, 2.05) is 0 Å². The summed E-state index contributed by atoms with van der Waals surface area (Å²) in [5, 5.41) is 19.2. The maximum Gasteiger partial charge on any atom is 0.416 e. The van der Waals surface area contributed by atoms with Gasteiger partial charge in [-0.2, -0.15) is 13.2 Å². The molecule has 1 aromatic heterocycles. The molecule has 10 heteroatoms. The third-order valence-electron chi connectivity index (χ3n) is 4.66. The zero-order chi connectivity index (χ0) is 20.1. The number of aromatic nitrogens is 3. The molecule has 1 aliphatic heterocycles. The number of hydrogen-bond acceptors (Lipinski definition) is 5. The molecule has 1 aromatic carbocycles. The van der Waals surface area contributed by atoms with Crippen LogP contribution < -0.4 is 5.32 Å². The fraction of sp³-hybridized carbons (Fsp3) is 0.500. The van der Waals surface area contributed by atoms with Crippen molar-refractivity contribution < 1.29 is 23.1 Å². The van der Waals surface area contributed by atoms with Crippen molar-refractivity contribution in [2.45, 2.75) is 31.6 Å². The Kier molecular flexibility index (Phi) is 6.30. The molecule has 1 saturated heterocycles. The molecule has 0 saturated carbocycles. The number of carbonyl (C=O) groups is 1. The normalized spacial score (nSPS) is 18.2. The lowest BCUT2D eigenvalue weighted by Gasteiger charge is -2.32.